The summed E-state index contributed by atoms with van der Waals surface area (Å²) >= 11 is 0. The summed E-state index contributed by atoms with van der Waals surface area (Å²) in [7, 11) is 2.03. The molecule has 0 aromatic carbocycles. The minimum Gasteiger partial charge on any atom is -0.446 e. The van der Waals surface area contributed by atoms with Gasteiger partial charge < -0.3 is 4.74 Å². The molecule has 0 aliphatic carbocycles. The van der Waals surface area contributed by atoms with Crippen LogP contribution in [0.1, 0.15) is 84.0 Å². The quantitative estimate of drug-likeness (QED) is 0.413. The lowest BCUT2D eigenvalue weighted by Gasteiger charge is -2.19. The van der Waals surface area contributed by atoms with Crippen molar-refractivity contribution in [1.82, 2.24) is 4.90 Å². The van der Waals surface area contributed by atoms with Gasteiger partial charge in [0.25, 0.3) is 0 Å². The fourth-order valence-corrected chi connectivity index (χ4v) is 2.82. The average molecular weight is 283 g/mol. The summed E-state index contributed by atoms with van der Waals surface area (Å²) in [6.45, 7) is 3.30. The summed E-state index contributed by atoms with van der Waals surface area (Å²) in [6.07, 6.45) is 14.4. The third kappa shape index (κ3) is 7.88. The molecule has 1 fully saturated rings. The molecular weight excluding hydrogens is 250 g/mol. The molecule has 1 unspecified atom stereocenters. The second-order valence-electron chi connectivity index (χ2n) is 6.15. The van der Waals surface area contributed by atoms with Crippen molar-refractivity contribution in [2.45, 2.75) is 90.2 Å². The topological polar surface area (TPSA) is 29.5 Å². The predicted octanol–water partition coefficient (Wildman–Crippen LogP) is 4.50. The van der Waals surface area contributed by atoms with Crippen LogP contribution in [0.4, 0.5) is 0 Å². The standard InChI is InChI=1S/C17H33NO2/c1-3-4-5-6-7-8-9-10-11-14-17(19)20-16-13-12-15-18(16)2/h16H,3-15H2,1-2H3. The van der Waals surface area contributed by atoms with Gasteiger partial charge in [-0.2, -0.15) is 0 Å². The Balaban J connectivity index is 1.87. The van der Waals surface area contributed by atoms with E-state index in [-0.39, 0.29) is 12.2 Å². The molecule has 0 N–H and O–H groups in total. The van der Waals surface area contributed by atoms with Gasteiger partial charge in [-0.05, 0) is 26.3 Å². The van der Waals surface area contributed by atoms with E-state index in [1.165, 1.54) is 51.4 Å². The molecule has 0 aromatic heterocycles. The number of unbranched alkanes of at least 4 members (excludes halogenated alkanes) is 8. The number of rotatable bonds is 11. The van der Waals surface area contributed by atoms with Crippen LogP contribution in [0, 0.1) is 0 Å². The SMILES string of the molecule is CCCCCCCCCCCC(=O)OC1CCCN1C. The fourth-order valence-electron chi connectivity index (χ4n) is 2.82. The van der Waals surface area contributed by atoms with E-state index >= 15 is 0 Å². The molecule has 1 aliphatic heterocycles. The van der Waals surface area contributed by atoms with Gasteiger partial charge in [0.05, 0.1) is 0 Å². The highest BCUT2D eigenvalue weighted by Gasteiger charge is 2.23. The summed E-state index contributed by atoms with van der Waals surface area (Å²) < 4.78 is 5.48. The summed E-state index contributed by atoms with van der Waals surface area (Å²) in [6, 6.07) is 0. The maximum absolute atomic E-state index is 11.7. The first-order valence-electron chi connectivity index (χ1n) is 8.63. The Morgan fingerprint density at radius 2 is 1.65 bits per heavy atom. The van der Waals surface area contributed by atoms with Gasteiger partial charge in [0.15, 0.2) is 6.23 Å². The maximum Gasteiger partial charge on any atom is 0.307 e. The van der Waals surface area contributed by atoms with Gasteiger partial charge in [0.1, 0.15) is 0 Å². The van der Waals surface area contributed by atoms with E-state index in [9.17, 15) is 4.79 Å². The molecule has 20 heavy (non-hydrogen) atoms. The van der Waals surface area contributed by atoms with Gasteiger partial charge in [-0.25, -0.2) is 0 Å². The first kappa shape index (κ1) is 17.5. The van der Waals surface area contributed by atoms with Crippen molar-refractivity contribution in [3.05, 3.63) is 0 Å². The molecule has 0 bridgehead atoms. The highest BCUT2D eigenvalue weighted by Crippen LogP contribution is 2.17. The Bertz CT molecular complexity index is 255. The van der Waals surface area contributed by atoms with E-state index < -0.39 is 0 Å². The Hall–Kier alpha value is -0.570. The van der Waals surface area contributed by atoms with Crippen molar-refractivity contribution >= 4 is 5.97 Å². The molecule has 3 nitrogen and oxygen atoms in total. The number of hydrogen-bond donors (Lipinski definition) is 0. The normalized spacial score (nSPS) is 19.4. The third-order valence-electron chi connectivity index (χ3n) is 4.21. The zero-order valence-electron chi connectivity index (χ0n) is 13.5. The first-order chi connectivity index (χ1) is 9.74. The molecule has 1 aliphatic rings. The van der Waals surface area contributed by atoms with E-state index in [0.717, 1.165) is 25.8 Å². The van der Waals surface area contributed by atoms with Gasteiger partial charge in [-0.1, -0.05) is 58.3 Å². The molecule has 1 saturated heterocycles. The summed E-state index contributed by atoms with van der Waals surface area (Å²) in [5.41, 5.74) is 0. The minimum atomic E-state index is -0.00769. The summed E-state index contributed by atoms with van der Waals surface area (Å²) in [5, 5.41) is 0. The third-order valence-corrected chi connectivity index (χ3v) is 4.21. The lowest BCUT2D eigenvalue weighted by atomic mass is 10.1. The van der Waals surface area contributed by atoms with Crippen molar-refractivity contribution < 1.29 is 9.53 Å². The van der Waals surface area contributed by atoms with E-state index in [1.807, 2.05) is 7.05 Å². The Labute approximate surface area is 125 Å². The number of esters is 1. The second kappa shape index (κ2) is 11.1. The highest BCUT2D eigenvalue weighted by atomic mass is 16.6. The molecule has 118 valence electrons. The van der Waals surface area contributed by atoms with Gasteiger partial charge in [-0.15, -0.1) is 0 Å². The first-order valence-corrected chi connectivity index (χ1v) is 8.63. The highest BCUT2D eigenvalue weighted by molar-refractivity contribution is 5.69. The van der Waals surface area contributed by atoms with Crippen molar-refractivity contribution in [3.63, 3.8) is 0 Å². The summed E-state index contributed by atoms with van der Waals surface area (Å²) in [5.74, 6) is -0.00769. The molecule has 1 heterocycles. The van der Waals surface area contributed by atoms with Crippen LogP contribution in [0.2, 0.25) is 0 Å². The Morgan fingerprint density at radius 3 is 2.20 bits per heavy atom. The van der Waals surface area contributed by atoms with E-state index in [2.05, 4.69) is 11.8 Å². The smallest absolute Gasteiger partial charge is 0.307 e. The zero-order valence-corrected chi connectivity index (χ0v) is 13.5. The van der Waals surface area contributed by atoms with Crippen LogP contribution in [0.25, 0.3) is 0 Å². The molecule has 0 spiro atoms. The number of nitrogens with zero attached hydrogens (tertiary/aromatic N) is 1. The van der Waals surface area contributed by atoms with Crippen molar-refractivity contribution in [1.29, 1.82) is 0 Å². The van der Waals surface area contributed by atoms with Crippen LogP contribution >= 0.6 is 0 Å². The van der Waals surface area contributed by atoms with Crippen LogP contribution in [-0.4, -0.2) is 30.7 Å². The van der Waals surface area contributed by atoms with Crippen molar-refractivity contribution in [2.24, 2.45) is 0 Å². The van der Waals surface area contributed by atoms with Crippen LogP contribution < -0.4 is 0 Å². The van der Waals surface area contributed by atoms with Crippen molar-refractivity contribution in [3.8, 4) is 0 Å². The number of carbonyl (C=O) groups excluding carboxylic acids is 1. The molecule has 1 atom stereocenters. The number of ether oxygens (including phenoxy) is 1. The second-order valence-corrected chi connectivity index (χ2v) is 6.15. The van der Waals surface area contributed by atoms with Crippen molar-refractivity contribution in [2.75, 3.05) is 13.6 Å². The molecule has 0 aromatic rings. The van der Waals surface area contributed by atoms with Crippen LogP contribution in [0.3, 0.4) is 0 Å². The van der Waals surface area contributed by atoms with E-state index in [1.54, 1.807) is 0 Å². The Kier molecular flexibility index (Phi) is 9.73. The van der Waals surface area contributed by atoms with E-state index in [0.29, 0.717) is 6.42 Å². The van der Waals surface area contributed by atoms with Crippen LogP contribution in [0.5, 0.6) is 0 Å². The largest absolute Gasteiger partial charge is 0.446 e. The number of hydrogen-bond acceptors (Lipinski definition) is 3. The molecule has 3 heteroatoms. The number of likely N-dealkylation sites (tertiary alicyclic amines) is 1. The molecule has 0 amide bonds. The minimum absolute atomic E-state index is 0.00769. The maximum atomic E-state index is 11.7. The predicted molar refractivity (Wildman–Crippen MR) is 83.6 cm³/mol. The lowest BCUT2D eigenvalue weighted by molar-refractivity contribution is -0.155. The van der Waals surface area contributed by atoms with Gasteiger partial charge in [0, 0.05) is 13.0 Å². The van der Waals surface area contributed by atoms with E-state index in [4.69, 9.17) is 4.74 Å². The molecule has 0 saturated carbocycles. The monoisotopic (exact) mass is 283 g/mol. The average Bonchev–Trinajstić information content (AvgIpc) is 2.82. The Morgan fingerprint density at radius 1 is 1.05 bits per heavy atom. The van der Waals surface area contributed by atoms with Gasteiger partial charge in [0.2, 0.25) is 0 Å². The zero-order chi connectivity index (χ0) is 14.6. The molecular formula is C17H33NO2. The molecule has 0 radical (unpaired) electrons. The van der Waals surface area contributed by atoms with Gasteiger partial charge in [-0.3, -0.25) is 9.69 Å². The summed E-state index contributed by atoms with van der Waals surface area (Å²) in [4.78, 5) is 13.8. The lowest BCUT2D eigenvalue weighted by Crippen LogP contribution is -2.29. The van der Waals surface area contributed by atoms with Crippen LogP contribution in [0.15, 0.2) is 0 Å². The fraction of sp³-hybridized carbons (Fsp3) is 0.941. The number of carbonyl (C=O) groups is 1. The molecule has 1 rings (SSSR count). The van der Waals surface area contributed by atoms with Crippen LogP contribution in [-0.2, 0) is 9.53 Å². The van der Waals surface area contributed by atoms with Gasteiger partial charge >= 0.3 is 5.97 Å².